The van der Waals surface area contributed by atoms with Gasteiger partial charge in [0.25, 0.3) is 11.1 Å². The number of methoxy groups -OCH3 is 1. The smallest absolute Gasteiger partial charge is 0.293 e. The molecule has 4 aromatic carbocycles. The zero-order chi connectivity index (χ0) is 26.8. The van der Waals surface area contributed by atoms with Gasteiger partial charge in [0.05, 0.1) is 23.6 Å². The number of ether oxygens (including phenoxy) is 2. The number of imide groups is 1. The average Bonchev–Trinajstić information content (AvgIpc) is 3.16. The van der Waals surface area contributed by atoms with E-state index in [-0.39, 0.29) is 29.3 Å². The lowest BCUT2D eigenvalue weighted by Gasteiger charge is -2.15. The summed E-state index contributed by atoms with van der Waals surface area (Å²) in [6.07, 6.45) is 1.63. The second-order valence-corrected chi connectivity index (χ2v) is 10.7. The second kappa shape index (κ2) is 11.3. The van der Waals surface area contributed by atoms with Gasteiger partial charge in [0.1, 0.15) is 6.61 Å². The van der Waals surface area contributed by atoms with Crippen molar-refractivity contribution >= 4 is 74.6 Å². The Morgan fingerprint density at radius 3 is 2.47 bits per heavy atom. The van der Waals surface area contributed by atoms with Gasteiger partial charge in [-0.1, -0.05) is 83.3 Å². The summed E-state index contributed by atoms with van der Waals surface area (Å²) in [5, 5.41) is 3.02. The van der Waals surface area contributed by atoms with Gasteiger partial charge in [-0.05, 0) is 64.0 Å². The fourth-order valence-electron chi connectivity index (χ4n) is 4.14. The number of carbonyl (C=O) groups is 2. The maximum absolute atomic E-state index is 13.2. The fraction of sp³-hybridized carbons (Fsp3) is 0.103. The minimum atomic E-state index is -0.360. The third-order valence-electron chi connectivity index (χ3n) is 6.02. The van der Waals surface area contributed by atoms with E-state index in [1.807, 2.05) is 42.5 Å². The SMILES string of the molecule is COc1cc(/C=C2/SC(=O)N(Cc3cccc4ccccc34)C2=O)cc(Cl)c1OCc1ccc(Cl)cc1Cl. The molecule has 5 nitrogen and oxygen atoms in total. The Morgan fingerprint density at radius 2 is 1.68 bits per heavy atom. The predicted octanol–water partition coefficient (Wildman–Crippen LogP) is 8.62. The standard InChI is InChI=1S/C29H20Cl3NO4S/c1-36-25-12-17(11-24(32)27(25)37-16-20-9-10-21(30)14-23(20)31)13-26-28(34)33(29(35)38-26)15-19-7-4-6-18-5-2-3-8-22(18)19/h2-14H,15-16H2,1H3/b26-13+. The minimum Gasteiger partial charge on any atom is -0.493 e. The van der Waals surface area contributed by atoms with Crippen LogP contribution in [0.3, 0.4) is 0 Å². The molecule has 9 heteroatoms. The third-order valence-corrected chi connectivity index (χ3v) is 7.79. The molecular weight excluding hydrogens is 565 g/mol. The van der Waals surface area contributed by atoms with Crippen molar-refractivity contribution in [2.75, 3.05) is 7.11 Å². The van der Waals surface area contributed by atoms with Crippen molar-refractivity contribution in [2.45, 2.75) is 13.2 Å². The number of hydrogen-bond donors (Lipinski definition) is 0. The van der Waals surface area contributed by atoms with Crippen molar-refractivity contribution in [1.29, 1.82) is 0 Å². The molecule has 0 saturated carbocycles. The largest absolute Gasteiger partial charge is 0.493 e. The molecule has 0 aromatic heterocycles. The monoisotopic (exact) mass is 583 g/mol. The Kier molecular flexibility index (Phi) is 7.86. The van der Waals surface area contributed by atoms with Gasteiger partial charge in [0.15, 0.2) is 11.5 Å². The zero-order valence-corrected chi connectivity index (χ0v) is 23.1. The van der Waals surface area contributed by atoms with Gasteiger partial charge in [0, 0.05) is 15.6 Å². The van der Waals surface area contributed by atoms with Gasteiger partial charge in [-0.25, -0.2) is 0 Å². The molecule has 2 amide bonds. The van der Waals surface area contributed by atoms with Crippen LogP contribution in [0.1, 0.15) is 16.7 Å². The molecule has 1 fully saturated rings. The van der Waals surface area contributed by atoms with E-state index in [1.54, 1.807) is 36.4 Å². The minimum absolute atomic E-state index is 0.151. The highest BCUT2D eigenvalue weighted by atomic mass is 35.5. The first-order chi connectivity index (χ1) is 18.3. The second-order valence-electron chi connectivity index (χ2n) is 8.46. The normalized spacial score (nSPS) is 14.5. The van der Waals surface area contributed by atoms with Crippen LogP contribution in [0.5, 0.6) is 11.5 Å². The summed E-state index contributed by atoms with van der Waals surface area (Å²) in [5.41, 5.74) is 2.23. The Labute approximate surface area is 238 Å². The molecule has 1 heterocycles. The average molecular weight is 585 g/mol. The maximum atomic E-state index is 13.2. The quantitative estimate of drug-likeness (QED) is 0.204. The van der Waals surface area contributed by atoms with E-state index in [2.05, 4.69) is 0 Å². The van der Waals surface area contributed by atoms with Crippen LogP contribution in [0.15, 0.2) is 77.7 Å². The van der Waals surface area contributed by atoms with Crippen molar-refractivity contribution in [3.05, 3.63) is 109 Å². The predicted molar refractivity (Wildman–Crippen MR) is 154 cm³/mol. The van der Waals surface area contributed by atoms with E-state index in [0.717, 1.165) is 33.7 Å². The number of amides is 2. The van der Waals surface area contributed by atoms with Gasteiger partial charge in [-0.15, -0.1) is 0 Å². The molecule has 4 aromatic rings. The first kappa shape index (κ1) is 26.4. The number of halogens is 3. The molecule has 1 saturated heterocycles. The Balaban J connectivity index is 1.37. The molecule has 1 aliphatic heterocycles. The highest BCUT2D eigenvalue weighted by molar-refractivity contribution is 8.18. The number of thioether (sulfide) groups is 1. The number of nitrogens with zero attached hydrogens (tertiary/aromatic N) is 1. The van der Waals surface area contributed by atoms with E-state index < -0.39 is 0 Å². The molecule has 0 radical (unpaired) electrons. The van der Waals surface area contributed by atoms with Gasteiger partial charge < -0.3 is 9.47 Å². The molecule has 192 valence electrons. The molecule has 0 spiro atoms. The van der Waals surface area contributed by atoms with Crippen LogP contribution in [-0.4, -0.2) is 23.2 Å². The van der Waals surface area contributed by atoms with Crippen LogP contribution >= 0.6 is 46.6 Å². The van der Waals surface area contributed by atoms with Crippen molar-refractivity contribution in [2.24, 2.45) is 0 Å². The summed E-state index contributed by atoms with van der Waals surface area (Å²) in [7, 11) is 1.50. The van der Waals surface area contributed by atoms with E-state index in [4.69, 9.17) is 44.3 Å². The Morgan fingerprint density at radius 1 is 0.895 bits per heavy atom. The molecule has 0 N–H and O–H groups in total. The first-order valence-corrected chi connectivity index (χ1v) is 13.5. The van der Waals surface area contributed by atoms with Crippen LogP contribution in [0.4, 0.5) is 4.79 Å². The van der Waals surface area contributed by atoms with Crippen molar-refractivity contribution in [1.82, 2.24) is 4.90 Å². The molecule has 0 unspecified atom stereocenters. The van der Waals surface area contributed by atoms with E-state index in [0.29, 0.717) is 32.0 Å². The van der Waals surface area contributed by atoms with E-state index >= 15 is 0 Å². The van der Waals surface area contributed by atoms with Crippen LogP contribution < -0.4 is 9.47 Å². The molecule has 0 atom stereocenters. The zero-order valence-electron chi connectivity index (χ0n) is 20.0. The summed E-state index contributed by atoms with van der Waals surface area (Å²) in [6.45, 7) is 0.339. The number of benzene rings is 4. The highest BCUT2D eigenvalue weighted by Gasteiger charge is 2.35. The van der Waals surface area contributed by atoms with Crippen LogP contribution in [-0.2, 0) is 17.9 Å². The molecule has 0 aliphatic carbocycles. The topological polar surface area (TPSA) is 55.8 Å². The fourth-order valence-corrected chi connectivity index (χ4v) is 5.72. The summed E-state index contributed by atoms with van der Waals surface area (Å²) < 4.78 is 11.4. The van der Waals surface area contributed by atoms with Crippen LogP contribution in [0.2, 0.25) is 15.1 Å². The molecule has 1 aliphatic rings. The number of rotatable bonds is 7. The summed E-state index contributed by atoms with van der Waals surface area (Å²) in [5.74, 6) is 0.353. The summed E-state index contributed by atoms with van der Waals surface area (Å²) in [4.78, 5) is 27.5. The molecule has 5 rings (SSSR count). The third kappa shape index (κ3) is 5.49. The molecular formula is C29H20Cl3NO4S. The van der Waals surface area contributed by atoms with Gasteiger partial charge in [0.2, 0.25) is 0 Å². The number of fused-ring (bicyclic) bond motifs is 1. The Hall–Kier alpha value is -3.16. The first-order valence-electron chi connectivity index (χ1n) is 11.5. The molecule has 38 heavy (non-hydrogen) atoms. The maximum Gasteiger partial charge on any atom is 0.293 e. The van der Waals surface area contributed by atoms with Crippen LogP contribution in [0.25, 0.3) is 16.8 Å². The van der Waals surface area contributed by atoms with Crippen molar-refractivity contribution in [3.63, 3.8) is 0 Å². The summed E-state index contributed by atoms with van der Waals surface area (Å²) >= 11 is 19.6. The highest BCUT2D eigenvalue weighted by Crippen LogP contribution is 2.40. The summed E-state index contributed by atoms with van der Waals surface area (Å²) in [6, 6.07) is 22.2. The van der Waals surface area contributed by atoms with E-state index in [1.165, 1.54) is 12.0 Å². The number of carbonyl (C=O) groups excluding carboxylic acids is 2. The van der Waals surface area contributed by atoms with Gasteiger partial charge in [-0.2, -0.15) is 0 Å². The van der Waals surface area contributed by atoms with Crippen molar-refractivity contribution < 1.29 is 19.1 Å². The van der Waals surface area contributed by atoms with Gasteiger partial charge in [-0.3, -0.25) is 14.5 Å². The van der Waals surface area contributed by atoms with E-state index in [9.17, 15) is 9.59 Å². The molecule has 0 bridgehead atoms. The lowest BCUT2D eigenvalue weighted by molar-refractivity contribution is -0.123. The Bertz CT molecular complexity index is 1600. The van der Waals surface area contributed by atoms with Gasteiger partial charge >= 0.3 is 0 Å². The lowest BCUT2D eigenvalue weighted by atomic mass is 10.0. The number of hydrogen-bond acceptors (Lipinski definition) is 5. The lowest BCUT2D eigenvalue weighted by Crippen LogP contribution is -2.27. The van der Waals surface area contributed by atoms with Crippen LogP contribution in [0, 0.1) is 0 Å². The van der Waals surface area contributed by atoms with Crippen molar-refractivity contribution in [3.8, 4) is 11.5 Å².